The molecular weight excluding hydrogens is 284 g/mol. The molecule has 96 valence electrons. The lowest BCUT2D eigenvalue weighted by molar-refractivity contribution is -0.121. The van der Waals surface area contributed by atoms with Crippen LogP contribution in [0.4, 0.5) is 0 Å². The molecule has 1 atom stereocenters. The highest BCUT2D eigenvalue weighted by Gasteiger charge is 2.05. The van der Waals surface area contributed by atoms with E-state index in [1.165, 1.54) is 0 Å². The average molecular weight is 303 g/mol. The molecule has 17 heavy (non-hydrogen) atoms. The smallest absolute Gasteiger partial charge is 0.221 e. The Morgan fingerprint density at radius 3 is 2.88 bits per heavy atom. The van der Waals surface area contributed by atoms with Gasteiger partial charge in [0.25, 0.3) is 0 Å². The third-order valence-electron chi connectivity index (χ3n) is 2.48. The Morgan fingerprint density at radius 2 is 2.29 bits per heavy atom. The third-order valence-corrected chi connectivity index (χ3v) is 2.90. The molecule has 2 N–H and O–H groups in total. The SMILES string of the molecule is CCC(C)NC(=O)CCNCc1ccc(Br)o1. The van der Waals surface area contributed by atoms with Crippen LogP contribution in [0.5, 0.6) is 0 Å². The van der Waals surface area contributed by atoms with Gasteiger partial charge in [-0.3, -0.25) is 4.79 Å². The van der Waals surface area contributed by atoms with Gasteiger partial charge in [0.15, 0.2) is 4.67 Å². The molecule has 1 aromatic rings. The summed E-state index contributed by atoms with van der Waals surface area (Å²) in [7, 11) is 0. The van der Waals surface area contributed by atoms with Crippen LogP contribution in [0.1, 0.15) is 32.4 Å². The van der Waals surface area contributed by atoms with E-state index in [0.29, 0.717) is 19.5 Å². The topological polar surface area (TPSA) is 54.3 Å². The minimum Gasteiger partial charge on any atom is -0.453 e. The van der Waals surface area contributed by atoms with Crippen LogP contribution in [0.15, 0.2) is 21.2 Å². The summed E-state index contributed by atoms with van der Waals surface area (Å²) in [6, 6.07) is 4.01. The highest BCUT2D eigenvalue weighted by Crippen LogP contribution is 2.13. The Hall–Kier alpha value is -0.810. The molecule has 0 bridgehead atoms. The lowest BCUT2D eigenvalue weighted by Gasteiger charge is -2.11. The summed E-state index contributed by atoms with van der Waals surface area (Å²) >= 11 is 3.24. The zero-order valence-electron chi connectivity index (χ0n) is 10.3. The van der Waals surface area contributed by atoms with Crippen LogP contribution < -0.4 is 10.6 Å². The molecule has 0 spiro atoms. The van der Waals surface area contributed by atoms with Gasteiger partial charge in [0, 0.05) is 19.0 Å². The maximum atomic E-state index is 11.4. The van der Waals surface area contributed by atoms with Crippen LogP contribution in [0.2, 0.25) is 0 Å². The first-order chi connectivity index (χ1) is 8.11. The number of rotatable bonds is 7. The third kappa shape index (κ3) is 5.89. The van der Waals surface area contributed by atoms with E-state index in [9.17, 15) is 4.79 Å². The molecule has 0 aromatic carbocycles. The van der Waals surface area contributed by atoms with Crippen molar-refractivity contribution < 1.29 is 9.21 Å². The van der Waals surface area contributed by atoms with E-state index >= 15 is 0 Å². The molecule has 4 nitrogen and oxygen atoms in total. The zero-order valence-corrected chi connectivity index (χ0v) is 11.8. The van der Waals surface area contributed by atoms with E-state index in [0.717, 1.165) is 16.9 Å². The van der Waals surface area contributed by atoms with Gasteiger partial charge in [-0.15, -0.1) is 0 Å². The Balaban J connectivity index is 2.10. The van der Waals surface area contributed by atoms with E-state index in [4.69, 9.17) is 4.42 Å². The first-order valence-electron chi connectivity index (χ1n) is 5.86. The Bertz CT molecular complexity index is 352. The van der Waals surface area contributed by atoms with Crippen molar-refractivity contribution in [3.05, 3.63) is 22.6 Å². The number of halogens is 1. The summed E-state index contributed by atoms with van der Waals surface area (Å²) in [5.74, 6) is 0.951. The van der Waals surface area contributed by atoms with Gasteiger partial charge in [0.05, 0.1) is 6.54 Å². The van der Waals surface area contributed by atoms with Crippen LogP contribution >= 0.6 is 15.9 Å². The Labute approximate surface area is 110 Å². The molecule has 0 radical (unpaired) electrons. The monoisotopic (exact) mass is 302 g/mol. The zero-order chi connectivity index (χ0) is 12.7. The highest BCUT2D eigenvalue weighted by molar-refractivity contribution is 9.10. The van der Waals surface area contributed by atoms with Crippen molar-refractivity contribution in [1.82, 2.24) is 10.6 Å². The summed E-state index contributed by atoms with van der Waals surface area (Å²) in [5, 5.41) is 6.08. The van der Waals surface area contributed by atoms with Crippen molar-refractivity contribution in [2.24, 2.45) is 0 Å². The summed E-state index contributed by atoms with van der Waals surface area (Å²) < 4.78 is 6.05. The van der Waals surface area contributed by atoms with Crippen molar-refractivity contribution >= 4 is 21.8 Å². The quantitative estimate of drug-likeness (QED) is 0.761. The number of amides is 1. The molecule has 0 aliphatic carbocycles. The summed E-state index contributed by atoms with van der Waals surface area (Å²) in [5.41, 5.74) is 0. The largest absolute Gasteiger partial charge is 0.453 e. The predicted octanol–water partition coefficient (Wildman–Crippen LogP) is 2.44. The molecule has 1 aromatic heterocycles. The van der Waals surface area contributed by atoms with Crippen LogP contribution in [-0.2, 0) is 11.3 Å². The van der Waals surface area contributed by atoms with E-state index in [1.54, 1.807) is 0 Å². The first kappa shape index (κ1) is 14.3. The molecule has 0 fully saturated rings. The Morgan fingerprint density at radius 1 is 1.53 bits per heavy atom. The molecule has 1 unspecified atom stereocenters. The second-order valence-corrected chi connectivity index (χ2v) is 4.79. The van der Waals surface area contributed by atoms with Crippen molar-refractivity contribution in [3.63, 3.8) is 0 Å². The van der Waals surface area contributed by atoms with Gasteiger partial charge in [0.1, 0.15) is 5.76 Å². The number of nitrogens with one attached hydrogen (secondary N) is 2. The lowest BCUT2D eigenvalue weighted by Crippen LogP contribution is -2.33. The van der Waals surface area contributed by atoms with Gasteiger partial charge in [-0.1, -0.05) is 6.92 Å². The standard InChI is InChI=1S/C12H19BrN2O2/c1-3-9(2)15-12(16)6-7-14-8-10-4-5-11(13)17-10/h4-5,9,14H,3,6-8H2,1-2H3,(H,15,16). The van der Waals surface area contributed by atoms with Crippen LogP contribution in [0.3, 0.4) is 0 Å². The maximum absolute atomic E-state index is 11.4. The van der Waals surface area contributed by atoms with Crippen LogP contribution in [-0.4, -0.2) is 18.5 Å². The molecule has 0 aliphatic rings. The predicted molar refractivity (Wildman–Crippen MR) is 70.6 cm³/mol. The minimum absolute atomic E-state index is 0.0903. The van der Waals surface area contributed by atoms with E-state index < -0.39 is 0 Å². The van der Waals surface area contributed by atoms with Crippen molar-refractivity contribution in [1.29, 1.82) is 0 Å². The van der Waals surface area contributed by atoms with E-state index in [2.05, 4.69) is 33.5 Å². The van der Waals surface area contributed by atoms with Gasteiger partial charge < -0.3 is 15.1 Å². The number of hydrogen-bond acceptors (Lipinski definition) is 3. The average Bonchev–Trinajstić information content (AvgIpc) is 2.70. The molecule has 5 heteroatoms. The minimum atomic E-state index is 0.0903. The van der Waals surface area contributed by atoms with Crippen molar-refractivity contribution in [2.75, 3.05) is 6.54 Å². The molecule has 0 saturated carbocycles. The van der Waals surface area contributed by atoms with Gasteiger partial charge in [-0.25, -0.2) is 0 Å². The second-order valence-electron chi connectivity index (χ2n) is 4.01. The molecule has 0 saturated heterocycles. The number of carbonyl (C=O) groups is 1. The number of hydrogen-bond donors (Lipinski definition) is 2. The summed E-state index contributed by atoms with van der Waals surface area (Å²) in [6.45, 7) is 5.35. The van der Waals surface area contributed by atoms with Crippen LogP contribution in [0, 0.1) is 0 Å². The summed E-state index contributed by atoms with van der Waals surface area (Å²) in [4.78, 5) is 11.4. The number of carbonyl (C=O) groups excluding carboxylic acids is 1. The van der Waals surface area contributed by atoms with Crippen LogP contribution in [0.25, 0.3) is 0 Å². The highest BCUT2D eigenvalue weighted by atomic mass is 79.9. The van der Waals surface area contributed by atoms with Crippen molar-refractivity contribution in [3.8, 4) is 0 Å². The molecule has 1 heterocycles. The Kier molecular flexibility index (Phi) is 6.29. The van der Waals surface area contributed by atoms with Gasteiger partial charge in [-0.2, -0.15) is 0 Å². The van der Waals surface area contributed by atoms with E-state index in [-0.39, 0.29) is 11.9 Å². The first-order valence-corrected chi connectivity index (χ1v) is 6.65. The molecule has 1 amide bonds. The lowest BCUT2D eigenvalue weighted by atomic mass is 10.2. The molecular formula is C12H19BrN2O2. The number of furan rings is 1. The fraction of sp³-hybridized carbons (Fsp3) is 0.583. The van der Waals surface area contributed by atoms with E-state index in [1.807, 2.05) is 19.1 Å². The second kappa shape index (κ2) is 7.50. The van der Waals surface area contributed by atoms with Gasteiger partial charge in [-0.05, 0) is 41.4 Å². The molecule has 1 rings (SSSR count). The summed E-state index contributed by atoms with van der Waals surface area (Å²) in [6.07, 6.45) is 1.45. The fourth-order valence-electron chi connectivity index (χ4n) is 1.31. The van der Waals surface area contributed by atoms with Gasteiger partial charge in [0.2, 0.25) is 5.91 Å². The van der Waals surface area contributed by atoms with Gasteiger partial charge >= 0.3 is 0 Å². The maximum Gasteiger partial charge on any atom is 0.221 e. The molecule has 0 aliphatic heterocycles. The fourth-order valence-corrected chi connectivity index (χ4v) is 1.65. The normalized spacial score (nSPS) is 12.4. The van der Waals surface area contributed by atoms with Crippen molar-refractivity contribution in [2.45, 2.75) is 39.3 Å².